The molecule has 0 spiro atoms. The summed E-state index contributed by atoms with van der Waals surface area (Å²) in [4.78, 5) is 23.6. The van der Waals surface area contributed by atoms with Crippen LogP contribution in [0.2, 0.25) is 0 Å². The van der Waals surface area contributed by atoms with Gasteiger partial charge in [0, 0.05) is 24.6 Å². The largest absolute Gasteiger partial charge is 0.491 e. The predicted molar refractivity (Wildman–Crippen MR) is 110 cm³/mol. The van der Waals surface area contributed by atoms with E-state index in [0.717, 1.165) is 28.1 Å². The number of aryl methyl sites for hydroxylation is 1. The number of hydrogen-bond donors (Lipinski definition) is 0. The first-order chi connectivity index (χ1) is 13.9. The lowest BCUT2D eigenvalue weighted by Crippen LogP contribution is -2.22. The van der Waals surface area contributed by atoms with E-state index in [4.69, 9.17) is 19.2 Å². The molecule has 0 bridgehead atoms. The molecule has 0 unspecified atom stereocenters. The number of ether oxygens (including phenoxy) is 3. The molecule has 7 heteroatoms. The molecule has 0 radical (unpaired) electrons. The Bertz CT molecular complexity index is 998. The Morgan fingerprint density at radius 2 is 2.03 bits per heavy atom. The van der Waals surface area contributed by atoms with E-state index in [9.17, 15) is 4.79 Å². The van der Waals surface area contributed by atoms with Gasteiger partial charge in [0.15, 0.2) is 5.75 Å². The van der Waals surface area contributed by atoms with Crippen molar-refractivity contribution >= 4 is 5.91 Å². The first-order valence-corrected chi connectivity index (χ1v) is 9.15. The third-order valence-corrected chi connectivity index (χ3v) is 4.72. The molecular formula is C22H25N3O4. The lowest BCUT2D eigenvalue weighted by atomic mass is 10.0. The molecule has 0 aromatic carbocycles. The minimum atomic E-state index is -0.0894. The zero-order chi connectivity index (χ0) is 21.1. The van der Waals surface area contributed by atoms with E-state index in [-0.39, 0.29) is 5.91 Å². The van der Waals surface area contributed by atoms with E-state index in [1.807, 2.05) is 32.1 Å². The van der Waals surface area contributed by atoms with Gasteiger partial charge < -0.3 is 19.1 Å². The van der Waals surface area contributed by atoms with Gasteiger partial charge in [-0.05, 0) is 43.2 Å². The summed E-state index contributed by atoms with van der Waals surface area (Å²) in [5.74, 6) is 0.841. The molecule has 2 aromatic heterocycles. The normalized spacial score (nSPS) is 13.5. The van der Waals surface area contributed by atoms with Crippen LogP contribution in [-0.2, 0) is 11.3 Å². The van der Waals surface area contributed by atoms with Crippen LogP contribution < -0.4 is 9.47 Å². The number of allylic oxidation sites excluding steroid dienone is 1. The number of carbonyl (C=O) groups excluding carboxylic acids is 1. The number of amides is 1. The van der Waals surface area contributed by atoms with Crippen LogP contribution in [0.1, 0.15) is 28.5 Å². The summed E-state index contributed by atoms with van der Waals surface area (Å²) in [6, 6.07) is 3.71. The van der Waals surface area contributed by atoms with Crippen molar-refractivity contribution in [1.82, 2.24) is 14.9 Å². The third-order valence-electron chi connectivity index (χ3n) is 4.72. The average Bonchev–Trinajstić information content (AvgIpc) is 3.04. The Kier molecular flexibility index (Phi) is 5.98. The van der Waals surface area contributed by atoms with Gasteiger partial charge in [0.25, 0.3) is 11.8 Å². The fourth-order valence-corrected chi connectivity index (χ4v) is 3.38. The maximum absolute atomic E-state index is 12.9. The fraction of sp³-hybridized carbons (Fsp3) is 0.318. The zero-order valence-electron chi connectivity index (χ0n) is 17.4. The quantitative estimate of drug-likeness (QED) is 0.668. The molecule has 152 valence electrons. The molecule has 0 fully saturated rings. The molecule has 0 saturated heterocycles. The van der Waals surface area contributed by atoms with Crippen LogP contribution in [0.15, 0.2) is 42.3 Å². The summed E-state index contributed by atoms with van der Waals surface area (Å²) < 4.78 is 15.7. The van der Waals surface area contributed by atoms with Gasteiger partial charge in [0.1, 0.15) is 0 Å². The van der Waals surface area contributed by atoms with Gasteiger partial charge in [-0.15, -0.1) is 0 Å². The second-order valence-electron chi connectivity index (χ2n) is 6.89. The second kappa shape index (κ2) is 8.45. The van der Waals surface area contributed by atoms with Crippen molar-refractivity contribution in [3.05, 3.63) is 59.1 Å². The summed E-state index contributed by atoms with van der Waals surface area (Å²) in [7, 11) is 4.74. The van der Waals surface area contributed by atoms with Gasteiger partial charge >= 0.3 is 0 Å². The number of fused-ring (bicyclic) bond motifs is 1. The van der Waals surface area contributed by atoms with Crippen LogP contribution in [0, 0.1) is 6.92 Å². The fourth-order valence-electron chi connectivity index (χ4n) is 3.38. The maximum atomic E-state index is 12.9. The number of nitrogens with zero attached hydrogens (tertiary/aromatic N) is 3. The first kappa shape index (κ1) is 20.5. The third kappa shape index (κ3) is 4.00. The lowest BCUT2D eigenvalue weighted by Gasteiger charge is -2.16. The highest BCUT2D eigenvalue weighted by Crippen LogP contribution is 2.33. The number of aromatic nitrogens is 2. The van der Waals surface area contributed by atoms with E-state index in [0.29, 0.717) is 36.0 Å². The van der Waals surface area contributed by atoms with E-state index in [1.54, 1.807) is 25.3 Å². The summed E-state index contributed by atoms with van der Waals surface area (Å²) in [5, 5.41) is 0. The monoisotopic (exact) mass is 395 g/mol. The van der Waals surface area contributed by atoms with E-state index < -0.39 is 0 Å². The molecule has 3 heterocycles. The molecule has 0 atom stereocenters. The van der Waals surface area contributed by atoms with E-state index >= 15 is 0 Å². The molecular weight excluding hydrogens is 370 g/mol. The predicted octanol–water partition coefficient (Wildman–Crippen LogP) is 3.53. The molecule has 3 rings (SSSR count). The smallest absolute Gasteiger partial charge is 0.260 e. The summed E-state index contributed by atoms with van der Waals surface area (Å²) in [5.41, 5.74) is 5.33. The van der Waals surface area contributed by atoms with Crippen molar-refractivity contribution in [3.8, 4) is 22.9 Å². The number of rotatable bonds is 7. The van der Waals surface area contributed by atoms with E-state index in [1.165, 1.54) is 7.11 Å². The van der Waals surface area contributed by atoms with Gasteiger partial charge in [-0.3, -0.25) is 9.78 Å². The molecule has 2 aromatic rings. The summed E-state index contributed by atoms with van der Waals surface area (Å²) in [6.07, 6.45) is 3.54. The van der Waals surface area contributed by atoms with Crippen molar-refractivity contribution in [2.45, 2.75) is 20.4 Å². The number of methoxy groups -OCH3 is 3. The molecule has 1 aliphatic rings. The first-order valence-electron chi connectivity index (χ1n) is 9.15. The lowest BCUT2D eigenvalue weighted by molar-refractivity contribution is 0.0831. The van der Waals surface area contributed by atoms with Crippen LogP contribution in [0.4, 0.5) is 0 Å². The van der Waals surface area contributed by atoms with Gasteiger partial charge in [0.2, 0.25) is 0 Å². The summed E-state index contributed by atoms with van der Waals surface area (Å²) >= 11 is 0. The minimum Gasteiger partial charge on any atom is -0.491 e. The van der Waals surface area contributed by atoms with Gasteiger partial charge in [-0.1, -0.05) is 6.58 Å². The highest BCUT2D eigenvalue weighted by Gasteiger charge is 2.32. The Hall–Kier alpha value is -3.19. The standard InChI is InChI=1S/C22H25N3O4/c1-13(12-27-4)7-15(3)25-11-18-20(22(25)26)14(2)8-17(24-18)16-9-19(28-5)21(29-6)23-10-16/h7-10H,3,11-12H2,1-2,4-6H3/b13-7+. The number of carbonyl (C=O) groups is 1. The topological polar surface area (TPSA) is 73.8 Å². The minimum absolute atomic E-state index is 0.0894. The molecule has 0 aliphatic carbocycles. The molecule has 1 amide bonds. The molecule has 29 heavy (non-hydrogen) atoms. The van der Waals surface area contributed by atoms with Crippen LogP contribution in [0.3, 0.4) is 0 Å². The van der Waals surface area contributed by atoms with Gasteiger partial charge in [-0.2, -0.15) is 0 Å². The molecule has 0 saturated carbocycles. The van der Waals surface area contributed by atoms with Crippen molar-refractivity contribution in [2.24, 2.45) is 0 Å². The second-order valence-corrected chi connectivity index (χ2v) is 6.89. The average molecular weight is 395 g/mol. The Morgan fingerprint density at radius 1 is 1.28 bits per heavy atom. The van der Waals surface area contributed by atoms with Crippen molar-refractivity contribution < 1.29 is 19.0 Å². The number of hydrogen-bond acceptors (Lipinski definition) is 6. The molecule has 1 aliphatic heterocycles. The van der Waals surface area contributed by atoms with Crippen LogP contribution in [0.25, 0.3) is 11.3 Å². The van der Waals surface area contributed by atoms with Gasteiger partial charge in [0.05, 0.1) is 44.3 Å². The zero-order valence-corrected chi connectivity index (χ0v) is 17.4. The number of pyridine rings is 2. The Labute approximate surface area is 170 Å². The highest BCUT2D eigenvalue weighted by atomic mass is 16.5. The Balaban J connectivity index is 1.95. The molecule has 0 N–H and O–H groups in total. The van der Waals surface area contributed by atoms with Crippen molar-refractivity contribution in [1.29, 1.82) is 0 Å². The van der Waals surface area contributed by atoms with Crippen LogP contribution >= 0.6 is 0 Å². The van der Waals surface area contributed by atoms with Gasteiger partial charge in [-0.25, -0.2) is 4.98 Å². The van der Waals surface area contributed by atoms with E-state index in [2.05, 4.69) is 11.6 Å². The maximum Gasteiger partial charge on any atom is 0.260 e. The van der Waals surface area contributed by atoms with Crippen molar-refractivity contribution in [2.75, 3.05) is 27.9 Å². The van der Waals surface area contributed by atoms with Crippen molar-refractivity contribution in [3.63, 3.8) is 0 Å². The molecule has 7 nitrogen and oxygen atoms in total. The summed E-state index contributed by atoms with van der Waals surface area (Å²) in [6.45, 7) is 8.76. The van der Waals surface area contributed by atoms with Crippen LogP contribution in [-0.4, -0.2) is 48.7 Å². The highest BCUT2D eigenvalue weighted by molar-refractivity contribution is 6.00. The SMILES string of the molecule is C=C(/C=C(\C)COC)N1Cc2nc(-c3cnc(OC)c(OC)c3)cc(C)c2C1=O. The van der Waals surface area contributed by atoms with Crippen LogP contribution in [0.5, 0.6) is 11.6 Å². The Morgan fingerprint density at radius 3 is 2.69 bits per heavy atom.